The van der Waals surface area contributed by atoms with Gasteiger partial charge in [0.1, 0.15) is 17.7 Å². The highest BCUT2D eigenvalue weighted by Gasteiger charge is 2.42. The Hall–Kier alpha value is -1.77. The summed E-state index contributed by atoms with van der Waals surface area (Å²) in [6.45, 7) is 2.34. The minimum Gasteiger partial charge on any atom is -0.463 e. The molecule has 0 amide bonds. The van der Waals surface area contributed by atoms with Gasteiger partial charge in [-0.25, -0.2) is 9.97 Å². The predicted octanol–water partition coefficient (Wildman–Crippen LogP) is 0.644. The van der Waals surface area contributed by atoms with Crippen molar-refractivity contribution in [3.8, 4) is 6.01 Å². The second-order valence-corrected chi connectivity index (χ2v) is 6.33. The summed E-state index contributed by atoms with van der Waals surface area (Å²) in [6.07, 6.45) is 3.63. The molecule has 8 heteroatoms. The molecule has 2 aliphatic rings. The van der Waals surface area contributed by atoms with Gasteiger partial charge in [0, 0.05) is 0 Å². The molecule has 4 rings (SSSR count). The lowest BCUT2D eigenvalue weighted by molar-refractivity contribution is -0.0300. The molecule has 1 aliphatic carbocycles. The number of ether oxygens (including phenoxy) is 2. The lowest BCUT2D eigenvalue weighted by atomic mass is 9.86. The third-order valence-corrected chi connectivity index (χ3v) is 4.72. The Kier molecular flexibility index (Phi) is 3.67. The van der Waals surface area contributed by atoms with E-state index >= 15 is 0 Å². The first-order valence-electron chi connectivity index (χ1n) is 7.97. The van der Waals surface area contributed by atoms with Crippen molar-refractivity contribution in [1.82, 2.24) is 19.5 Å². The smallest absolute Gasteiger partial charge is 0.318 e. The Labute approximate surface area is 133 Å². The van der Waals surface area contributed by atoms with Crippen molar-refractivity contribution in [2.24, 2.45) is 5.92 Å². The van der Waals surface area contributed by atoms with E-state index in [0.29, 0.717) is 29.7 Å². The normalized spacial score (nSPS) is 31.4. The van der Waals surface area contributed by atoms with E-state index in [1.807, 2.05) is 0 Å². The van der Waals surface area contributed by atoms with Crippen molar-refractivity contribution in [2.75, 3.05) is 6.61 Å². The van der Waals surface area contributed by atoms with Gasteiger partial charge in [-0.2, -0.15) is 4.98 Å². The largest absolute Gasteiger partial charge is 0.463 e. The molecule has 4 atom stereocenters. The van der Waals surface area contributed by atoms with Crippen molar-refractivity contribution in [2.45, 2.75) is 50.7 Å². The maximum absolute atomic E-state index is 10.1. The fourth-order valence-corrected chi connectivity index (χ4v) is 2.98. The molecule has 0 aromatic carbocycles. The van der Waals surface area contributed by atoms with Gasteiger partial charge in [-0.05, 0) is 25.7 Å². The number of aliphatic hydroxyl groups is 2. The minimum absolute atomic E-state index is 0.298. The standard InChI is InChI=1S/C15H20N4O4/c1-8-11(20)12(21)14(23-8)19-7-17-10-5-16-15(18-13(10)19)22-6-9-3-2-4-9/h5,7-9,11-12,14,20-21H,2-4,6H2,1H3/t8-,11-,12-,14-/m1/s1. The number of nitrogens with zero attached hydrogens (tertiary/aromatic N) is 4. The Morgan fingerprint density at radius 3 is 2.78 bits per heavy atom. The number of aromatic nitrogens is 4. The number of imidazole rings is 1. The van der Waals surface area contributed by atoms with Crippen LogP contribution in [-0.2, 0) is 4.74 Å². The summed E-state index contributed by atoms with van der Waals surface area (Å²) < 4.78 is 12.9. The lowest BCUT2D eigenvalue weighted by Gasteiger charge is -2.24. The fourth-order valence-electron chi connectivity index (χ4n) is 2.98. The summed E-state index contributed by atoms with van der Waals surface area (Å²) in [4.78, 5) is 12.8. The van der Waals surface area contributed by atoms with Crippen LogP contribution < -0.4 is 4.74 Å². The van der Waals surface area contributed by atoms with Crippen LogP contribution in [0.5, 0.6) is 6.01 Å². The summed E-state index contributed by atoms with van der Waals surface area (Å²) in [5, 5.41) is 20.0. The van der Waals surface area contributed by atoms with E-state index in [0.717, 1.165) is 0 Å². The van der Waals surface area contributed by atoms with E-state index < -0.39 is 24.5 Å². The summed E-state index contributed by atoms with van der Waals surface area (Å²) >= 11 is 0. The van der Waals surface area contributed by atoms with Crippen molar-refractivity contribution in [3.63, 3.8) is 0 Å². The van der Waals surface area contributed by atoms with E-state index in [2.05, 4.69) is 15.0 Å². The number of hydrogen-bond donors (Lipinski definition) is 2. The van der Waals surface area contributed by atoms with Crippen LogP contribution in [0.4, 0.5) is 0 Å². The molecule has 8 nitrogen and oxygen atoms in total. The van der Waals surface area contributed by atoms with Crippen LogP contribution in [0.15, 0.2) is 12.5 Å². The number of hydrogen-bond acceptors (Lipinski definition) is 7. The molecule has 0 unspecified atom stereocenters. The van der Waals surface area contributed by atoms with Crippen molar-refractivity contribution >= 4 is 11.2 Å². The molecule has 1 saturated heterocycles. The first kappa shape index (κ1) is 14.8. The third kappa shape index (κ3) is 2.56. The van der Waals surface area contributed by atoms with Crippen LogP contribution in [-0.4, -0.2) is 54.7 Å². The van der Waals surface area contributed by atoms with Gasteiger partial charge in [0.2, 0.25) is 0 Å². The van der Waals surface area contributed by atoms with Crippen LogP contribution in [0.1, 0.15) is 32.4 Å². The SMILES string of the molecule is C[C@H]1O[C@@H](n2cnc3cnc(OCC4CCC4)nc32)[C@H](O)[C@@H]1O. The van der Waals surface area contributed by atoms with Gasteiger partial charge in [0.05, 0.1) is 25.2 Å². The van der Waals surface area contributed by atoms with Gasteiger partial charge < -0.3 is 19.7 Å². The molecule has 124 valence electrons. The molecule has 1 saturated carbocycles. The van der Waals surface area contributed by atoms with Crippen LogP contribution in [0.3, 0.4) is 0 Å². The van der Waals surface area contributed by atoms with Crippen molar-refractivity contribution in [3.05, 3.63) is 12.5 Å². The number of fused-ring (bicyclic) bond motifs is 1. The molecule has 0 bridgehead atoms. The summed E-state index contributed by atoms with van der Waals surface area (Å²) in [5.41, 5.74) is 1.11. The van der Waals surface area contributed by atoms with Gasteiger partial charge in [-0.15, -0.1) is 0 Å². The van der Waals surface area contributed by atoms with Gasteiger partial charge in [-0.1, -0.05) is 6.42 Å². The van der Waals surface area contributed by atoms with Gasteiger partial charge in [-0.3, -0.25) is 4.57 Å². The van der Waals surface area contributed by atoms with Crippen LogP contribution in [0.25, 0.3) is 11.2 Å². The Bertz CT molecular complexity index is 702. The summed E-state index contributed by atoms with van der Waals surface area (Å²) in [5.74, 6) is 0.593. The summed E-state index contributed by atoms with van der Waals surface area (Å²) in [6, 6.07) is 0.298. The predicted molar refractivity (Wildman–Crippen MR) is 79.8 cm³/mol. The van der Waals surface area contributed by atoms with Gasteiger partial charge in [0.15, 0.2) is 11.9 Å². The number of aliphatic hydroxyl groups excluding tert-OH is 2. The second-order valence-electron chi connectivity index (χ2n) is 6.33. The Morgan fingerprint density at radius 2 is 2.13 bits per heavy atom. The first-order chi connectivity index (χ1) is 11.1. The quantitative estimate of drug-likeness (QED) is 0.852. The zero-order chi connectivity index (χ0) is 16.0. The van der Waals surface area contributed by atoms with Crippen molar-refractivity contribution < 1.29 is 19.7 Å². The molecule has 23 heavy (non-hydrogen) atoms. The molecule has 3 heterocycles. The van der Waals surface area contributed by atoms with Crippen LogP contribution in [0, 0.1) is 5.92 Å². The molecule has 2 N–H and O–H groups in total. The molecule has 2 aromatic rings. The van der Waals surface area contributed by atoms with Crippen LogP contribution in [0.2, 0.25) is 0 Å². The molecule has 1 aliphatic heterocycles. The van der Waals surface area contributed by atoms with Crippen molar-refractivity contribution in [1.29, 1.82) is 0 Å². The lowest BCUT2D eigenvalue weighted by Crippen LogP contribution is -2.30. The maximum atomic E-state index is 10.1. The van der Waals surface area contributed by atoms with Gasteiger partial charge in [0.25, 0.3) is 0 Å². The second kappa shape index (κ2) is 5.70. The van der Waals surface area contributed by atoms with E-state index in [1.165, 1.54) is 25.6 Å². The molecule has 0 radical (unpaired) electrons. The van der Waals surface area contributed by atoms with E-state index in [-0.39, 0.29) is 0 Å². The summed E-state index contributed by atoms with van der Waals surface area (Å²) in [7, 11) is 0. The average molecular weight is 320 g/mol. The zero-order valence-corrected chi connectivity index (χ0v) is 12.9. The Balaban J connectivity index is 1.59. The molecule has 2 aromatic heterocycles. The minimum atomic E-state index is -1.03. The maximum Gasteiger partial charge on any atom is 0.318 e. The molecule has 0 spiro atoms. The zero-order valence-electron chi connectivity index (χ0n) is 12.9. The van der Waals surface area contributed by atoms with Crippen LogP contribution >= 0.6 is 0 Å². The first-order valence-corrected chi connectivity index (χ1v) is 7.97. The molecule has 2 fully saturated rings. The average Bonchev–Trinajstić information content (AvgIpc) is 3.02. The van der Waals surface area contributed by atoms with E-state index in [9.17, 15) is 10.2 Å². The highest BCUT2D eigenvalue weighted by molar-refractivity contribution is 5.69. The molecular weight excluding hydrogens is 300 g/mol. The number of rotatable bonds is 4. The van der Waals surface area contributed by atoms with E-state index in [1.54, 1.807) is 17.7 Å². The monoisotopic (exact) mass is 320 g/mol. The molecular formula is C15H20N4O4. The third-order valence-electron chi connectivity index (χ3n) is 4.72. The fraction of sp³-hybridized carbons (Fsp3) is 0.667. The highest BCUT2D eigenvalue weighted by Crippen LogP contribution is 2.31. The topological polar surface area (TPSA) is 103 Å². The Morgan fingerprint density at radius 1 is 1.30 bits per heavy atom. The van der Waals surface area contributed by atoms with E-state index in [4.69, 9.17) is 9.47 Å². The highest BCUT2D eigenvalue weighted by atomic mass is 16.6. The van der Waals surface area contributed by atoms with Gasteiger partial charge >= 0.3 is 6.01 Å².